The Hall–Kier alpha value is -2.43. The van der Waals surface area contributed by atoms with Crippen molar-refractivity contribution in [3.8, 4) is 11.6 Å². The van der Waals surface area contributed by atoms with Crippen molar-refractivity contribution in [2.75, 3.05) is 32.7 Å². The highest BCUT2D eigenvalue weighted by atomic mass is 127. The highest BCUT2D eigenvalue weighted by molar-refractivity contribution is 14.0. The van der Waals surface area contributed by atoms with Crippen LogP contribution in [0.2, 0.25) is 0 Å². The molecule has 1 fully saturated rings. The molecule has 1 N–H and O–H groups in total. The third-order valence-corrected chi connectivity index (χ3v) is 4.60. The molecule has 2 heterocycles. The lowest BCUT2D eigenvalue weighted by Gasteiger charge is -2.36. The number of benzene rings is 1. The van der Waals surface area contributed by atoms with E-state index in [1.165, 1.54) is 12.1 Å². The smallest absolute Gasteiger partial charge is 0.219 e. The van der Waals surface area contributed by atoms with E-state index in [2.05, 4.69) is 15.2 Å². The minimum atomic E-state index is -0.308. The molecule has 0 saturated carbocycles. The maximum Gasteiger partial charge on any atom is 0.219 e. The number of aromatic nitrogens is 1. The number of carbonyl (C=O) groups is 1. The number of nitrogens with zero attached hydrogens (tertiary/aromatic N) is 4. The van der Waals surface area contributed by atoms with E-state index in [9.17, 15) is 9.18 Å². The summed E-state index contributed by atoms with van der Waals surface area (Å²) >= 11 is 0. The predicted octanol–water partition coefficient (Wildman–Crippen LogP) is 3.26. The van der Waals surface area contributed by atoms with Crippen LogP contribution in [0.5, 0.6) is 11.6 Å². The first-order valence-electron chi connectivity index (χ1n) is 9.72. The van der Waals surface area contributed by atoms with Gasteiger partial charge in [0.1, 0.15) is 11.6 Å². The number of pyridine rings is 1. The van der Waals surface area contributed by atoms with Crippen molar-refractivity contribution in [3.63, 3.8) is 0 Å². The molecule has 0 bridgehead atoms. The second-order valence-electron chi connectivity index (χ2n) is 6.72. The monoisotopic (exact) mass is 527 g/mol. The van der Waals surface area contributed by atoms with Gasteiger partial charge in [-0.1, -0.05) is 6.07 Å². The number of piperazine rings is 1. The highest BCUT2D eigenvalue weighted by Gasteiger charge is 2.20. The van der Waals surface area contributed by atoms with E-state index < -0.39 is 0 Å². The fraction of sp³-hybridized carbons (Fsp3) is 0.381. The number of halogens is 2. The average molecular weight is 527 g/mol. The SMILES string of the molecule is CCNC(=NCc1ccc(Oc2ccc(F)cc2)nc1)N1CCN(C(C)=O)CC1.I. The van der Waals surface area contributed by atoms with Gasteiger partial charge < -0.3 is 19.9 Å². The molecule has 1 amide bonds. The Morgan fingerprint density at radius 3 is 2.37 bits per heavy atom. The zero-order valence-corrected chi connectivity index (χ0v) is 19.5. The standard InChI is InChI=1S/C21H26FN5O2.HI/c1-3-23-21(27-12-10-26(11-13-27)16(2)28)25-15-17-4-9-20(24-14-17)29-19-7-5-18(22)6-8-19;/h4-9,14H,3,10-13,15H2,1-2H3,(H,23,25);1H. The fourth-order valence-corrected chi connectivity index (χ4v) is 3.01. The van der Waals surface area contributed by atoms with Crippen molar-refractivity contribution < 1.29 is 13.9 Å². The van der Waals surface area contributed by atoms with Crippen LogP contribution >= 0.6 is 24.0 Å². The van der Waals surface area contributed by atoms with Gasteiger partial charge in [0.15, 0.2) is 5.96 Å². The molecule has 30 heavy (non-hydrogen) atoms. The maximum atomic E-state index is 13.0. The van der Waals surface area contributed by atoms with Gasteiger partial charge in [-0.2, -0.15) is 0 Å². The molecule has 0 radical (unpaired) electrons. The number of hydrogen-bond acceptors (Lipinski definition) is 4. The van der Waals surface area contributed by atoms with Crippen LogP contribution in [0.4, 0.5) is 4.39 Å². The van der Waals surface area contributed by atoms with Crippen LogP contribution in [0.1, 0.15) is 19.4 Å². The normalized spacial score (nSPS) is 14.2. The number of hydrogen-bond donors (Lipinski definition) is 1. The minimum absolute atomic E-state index is 0. The van der Waals surface area contributed by atoms with E-state index in [-0.39, 0.29) is 35.7 Å². The van der Waals surface area contributed by atoms with Gasteiger partial charge in [-0.3, -0.25) is 4.79 Å². The zero-order valence-electron chi connectivity index (χ0n) is 17.2. The Labute approximate surface area is 193 Å². The number of carbonyl (C=O) groups excluding carboxylic acids is 1. The summed E-state index contributed by atoms with van der Waals surface area (Å²) in [6, 6.07) is 9.49. The fourth-order valence-electron chi connectivity index (χ4n) is 3.01. The molecule has 0 spiro atoms. The first kappa shape index (κ1) is 23.8. The molecule has 1 aliphatic heterocycles. The maximum absolute atomic E-state index is 13.0. The number of aliphatic imine (C=N–C) groups is 1. The third-order valence-electron chi connectivity index (χ3n) is 4.60. The largest absolute Gasteiger partial charge is 0.439 e. The summed E-state index contributed by atoms with van der Waals surface area (Å²) in [4.78, 5) is 24.5. The Kier molecular flexibility index (Phi) is 9.28. The van der Waals surface area contributed by atoms with Crippen LogP contribution in [0, 0.1) is 5.82 Å². The number of rotatable bonds is 5. The van der Waals surface area contributed by atoms with E-state index in [1.54, 1.807) is 31.3 Å². The summed E-state index contributed by atoms with van der Waals surface area (Å²) in [5, 5.41) is 3.31. The average Bonchev–Trinajstić information content (AvgIpc) is 2.74. The molecular weight excluding hydrogens is 500 g/mol. The van der Waals surface area contributed by atoms with Crippen molar-refractivity contribution in [2.24, 2.45) is 4.99 Å². The molecule has 1 aromatic carbocycles. The van der Waals surface area contributed by atoms with Gasteiger partial charge in [-0.15, -0.1) is 24.0 Å². The van der Waals surface area contributed by atoms with E-state index in [0.29, 0.717) is 31.3 Å². The van der Waals surface area contributed by atoms with E-state index in [0.717, 1.165) is 31.2 Å². The van der Waals surface area contributed by atoms with Gasteiger partial charge in [0.25, 0.3) is 0 Å². The second kappa shape index (κ2) is 11.7. The van der Waals surface area contributed by atoms with Crippen molar-refractivity contribution in [3.05, 3.63) is 54.0 Å². The first-order valence-corrected chi connectivity index (χ1v) is 9.72. The molecule has 1 aromatic heterocycles. The summed E-state index contributed by atoms with van der Waals surface area (Å²) in [6.45, 7) is 7.82. The van der Waals surface area contributed by atoms with E-state index in [4.69, 9.17) is 9.73 Å². The number of ether oxygens (including phenoxy) is 1. The van der Waals surface area contributed by atoms with Crippen molar-refractivity contribution >= 4 is 35.8 Å². The first-order chi connectivity index (χ1) is 14.0. The predicted molar refractivity (Wildman–Crippen MR) is 125 cm³/mol. The molecule has 0 aliphatic carbocycles. The van der Waals surface area contributed by atoms with Gasteiger partial charge in [-0.25, -0.2) is 14.4 Å². The lowest BCUT2D eigenvalue weighted by atomic mass is 10.3. The number of nitrogens with one attached hydrogen (secondary N) is 1. The highest BCUT2D eigenvalue weighted by Crippen LogP contribution is 2.19. The van der Waals surface area contributed by atoms with E-state index >= 15 is 0 Å². The molecule has 3 rings (SSSR count). The topological polar surface area (TPSA) is 70.1 Å². The molecule has 2 aromatic rings. The molecule has 0 atom stereocenters. The van der Waals surface area contributed by atoms with Crippen LogP contribution in [0.3, 0.4) is 0 Å². The van der Waals surface area contributed by atoms with Gasteiger partial charge in [0, 0.05) is 51.9 Å². The number of guanidine groups is 1. The molecule has 7 nitrogen and oxygen atoms in total. The van der Waals surface area contributed by atoms with Crippen LogP contribution in [0.25, 0.3) is 0 Å². The summed E-state index contributed by atoms with van der Waals surface area (Å²) in [5.74, 6) is 1.61. The van der Waals surface area contributed by atoms with Crippen LogP contribution in [0.15, 0.2) is 47.6 Å². The quantitative estimate of drug-likeness (QED) is 0.368. The summed E-state index contributed by atoms with van der Waals surface area (Å²) < 4.78 is 18.6. The van der Waals surface area contributed by atoms with Crippen LogP contribution < -0.4 is 10.1 Å². The Bertz CT molecular complexity index is 837. The molecule has 1 saturated heterocycles. The lowest BCUT2D eigenvalue weighted by Crippen LogP contribution is -2.53. The van der Waals surface area contributed by atoms with Crippen molar-refractivity contribution in [2.45, 2.75) is 20.4 Å². The van der Waals surface area contributed by atoms with Crippen LogP contribution in [-0.2, 0) is 11.3 Å². The molecular formula is C21H27FIN5O2. The Balaban J connectivity index is 0.00000320. The van der Waals surface area contributed by atoms with E-state index in [1.807, 2.05) is 17.9 Å². The Morgan fingerprint density at radius 2 is 1.80 bits per heavy atom. The third kappa shape index (κ3) is 6.82. The molecule has 1 aliphatic rings. The van der Waals surface area contributed by atoms with Gasteiger partial charge >= 0.3 is 0 Å². The minimum Gasteiger partial charge on any atom is -0.439 e. The zero-order chi connectivity index (χ0) is 20.6. The molecule has 0 unspecified atom stereocenters. The summed E-state index contributed by atoms with van der Waals surface area (Å²) in [5.41, 5.74) is 0.953. The lowest BCUT2D eigenvalue weighted by molar-refractivity contribution is -0.130. The summed E-state index contributed by atoms with van der Waals surface area (Å²) in [6.07, 6.45) is 1.72. The number of amides is 1. The molecule has 9 heteroatoms. The van der Waals surface area contributed by atoms with Crippen LogP contribution in [-0.4, -0.2) is 59.4 Å². The van der Waals surface area contributed by atoms with Gasteiger partial charge in [0.05, 0.1) is 6.54 Å². The van der Waals surface area contributed by atoms with Crippen molar-refractivity contribution in [1.82, 2.24) is 20.1 Å². The summed E-state index contributed by atoms with van der Waals surface area (Å²) in [7, 11) is 0. The van der Waals surface area contributed by atoms with Gasteiger partial charge in [-0.05, 0) is 36.8 Å². The second-order valence-corrected chi connectivity index (χ2v) is 6.72. The van der Waals surface area contributed by atoms with Crippen molar-refractivity contribution in [1.29, 1.82) is 0 Å². The molecule has 162 valence electrons. The van der Waals surface area contributed by atoms with Gasteiger partial charge in [0.2, 0.25) is 11.8 Å². The Morgan fingerprint density at radius 1 is 1.13 bits per heavy atom.